The largest absolute Gasteiger partial charge is 0.389 e. The number of hydrogen-bond acceptors (Lipinski definition) is 2. The average Bonchev–Trinajstić information content (AvgIpc) is 2.93. The number of anilines is 1. The van der Waals surface area contributed by atoms with Crippen LogP contribution in [0, 0.1) is 7.14 Å². The number of rotatable bonds is 5. The molecule has 138 valence electrons. The van der Waals surface area contributed by atoms with E-state index in [2.05, 4.69) is 91.5 Å². The van der Waals surface area contributed by atoms with Crippen molar-refractivity contribution >= 4 is 84.3 Å². The maximum Gasteiger partial charge on any atom is 0.0891 e. The molecule has 0 bridgehead atoms. The van der Waals surface area contributed by atoms with Gasteiger partial charge in [-0.2, -0.15) is 0 Å². The quantitative estimate of drug-likeness (QED) is 0.270. The number of hydrogen-bond donors (Lipinski definition) is 2. The van der Waals surface area contributed by atoms with E-state index in [1.165, 1.54) is 17.9 Å². The summed E-state index contributed by atoms with van der Waals surface area (Å²) in [7, 11) is 0. The van der Waals surface area contributed by atoms with Crippen molar-refractivity contribution in [3.05, 3.63) is 72.8 Å². The number of nitrogens with zero attached hydrogens (tertiary/aromatic N) is 1. The van der Waals surface area contributed by atoms with Crippen LogP contribution in [-0.2, 0) is 6.54 Å². The fourth-order valence-electron chi connectivity index (χ4n) is 3.35. The molecule has 27 heavy (non-hydrogen) atoms. The molecule has 4 aromatic rings. The first-order valence-electron chi connectivity index (χ1n) is 8.56. The van der Waals surface area contributed by atoms with Crippen molar-refractivity contribution in [2.75, 3.05) is 11.9 Å². The van der Waals surface area contributed by atoms with Gasteiger partial charge < -0.3 is 15.0 Å². The van der Waals surface area contributed by atoms with E-state index in [-0.39, 0.29) is 0 Å². The van der Waals surface area contributed by atoms with Gasteiger partial charge in [-0.15, -0.1) is 0 Å². The molecule has 1 aromatic heterocycles. The van der Waals surface area contributed by atoms with E-state index in [9.17, 15) is 5.11 Å². The topological polar surface area (TPSA) is 37.2 Å². The Hall–Kier alpha value is -1.03. The van der Waals surface area contributed by atoms with E-state index in [0.717, 1.165) is 16.7 Å². The van der Waals surface area contributed by atoms with E-state index >= 15 is 0 Å². The summed E-state index contributed by atoms with van der Waals surface area (Å²) in [5, 5.41) is 17.0. The van der Waals surface area contributed by atoms with Gasteiger partial charge in [0.1, 0.15) is 0 Å². The van der Waals surface area contributed by atoms with Crippen molar-refractivity contribution in [1.29, 1.82) is 0 Å². The second-order valence-corrected chi connectivity index (χ2v) is 9.35. The fourth-order valence-corrected chi connectivity index (χ4v) is 4.54. The molecule has 0 aliphatic rings. The molecule has 0 aliphatic heterocycles. The predicted octanol–water partition coefficient (Wildman–Crippen LogP) is 6.13. The number of para-hydroxylation sites is 1. The first-order valence-corrected chi connectivity index (χ1v) is 11.1. The average molecular weight is 603 g/mol. The number of aromatic nitrogens is 1. The summed E-state index contributed by atoms with van der Waals surface area (Å²) in [6.07, 6.45) is -0.543. The van der Waals surface area contributed by atoms with Gasteiger partial charge in [-0.1, -0.05) is 23.7 Å². The van der Waals surface area contributed by atoms with E-state index in [0.29, 0.717) is 18.1 Å². The van der Waals surface area contributed by atoms with Crippen LogP contribution in [0.15, 0.2) is 60.7 Å². The third-order valence-electron chi connectivity index (χ3n) is 4.58. The Bertz CT molecular complexity index is 1070. The lowest BCUT2D eigenvalue weighted by Crippen LogP contribution is -2.25. The van der Waals surface area contributed by atoms with Gasteiger partial charge in [0.15, 0.2) is 0 Å². The zero-order valence-corrected chi connectivity index (χ0v) is 19.4. The standard InChI is InChI=1S/C21H17ClI2N2O/c22-18-3-1-2-4-19(18)25-11-15(27)12-26-20-7-5-13(23)9-16(20)17-10-14(24)6-8-21(17)26/h1-10,15,25,27H,11-12H2. The van der Waals surface area contributed by atoms with E-state index in [1.807, 2.05) is 24.3 Å². The third-order valence-corrected chi connectivity index (χ3v) is 6.26. The van der Waals surface area contributed by atoms with Crippen molar-refractivity contribution < 1.29 is 5.11 Å². The maximum absolute atomic E-state index is 10.7. The lowest BCUT2D eigenvalue weighted by molar-refractivity contribution is 0.169. The molecule has 6 heteroatoms. The van der Waals surface area contributed by atoms with Crippen LogP contribution >= 0.6 is 56.8 Å². The zero-order valence-electron chi connectivity index (χ0n) is 14.3. The molecule has 3 aromatic carbocycles. The van der Waals surface area contributed by atoms with E-state index in [1.54, 1.807) is 0 Å². The molecule has 1 heterocycles. The van der Waals surface area contributed by atoms with Crippen LogP contribution in [0.25, 0.3) is 21.8 Å². The number of halogens is 3. The molecule has 0 aliphatic carbocycles. The molecule has 4 rings (SSSR count). The summed E-state index contributed by atoms with van der Waals surface area (Å²) in [4.78, 5) is 0. The minimum absolute atomic E-state index is 0.430. The van der Waals surface area contributed by atoms with Crippen LogP contribution in [0.3, 0.4) is 0 Å². The maximum atomic E-state index is 10.7. The molecule has 2 N–H and O–H groups in total. The summed E-state index contributed by atoms with van der Waals surface area (Å²) < 4.78 is 4.62. The van der Waals surface area contributed by atoms with E-state index < -0.39 is 6.10 Å². The Balaban J connectivity index is 1.65. The minimum Gasteiger partial charge on any atom is -0.389 e. The Morgan fingerprint density at radius 2 is 1.52 bits per heavy atom. The summed E-state index contributed by atoms with van der Waals surface area (Å²) in [5.41, 5.74) is 3.12. The molecule has 0 amide bonds. The lowest BCUT2D eigenvalue weighted by Gasteiger charge is -2.16. The summed E-state index contributed by atoms with van der Waals surface area (Å²) >= 11 is 10.9. The second-order valence-electron chi connectivity index (χ2n) is 6.45. The SMILES string of the molecule is OC(CNc1ccccc1Cl)Cn1c2ccc(I)cc2c2cc(I)ccc21. The van der Waals surface area contributed by atoms with Gasteiger partial charge in [0.05, 0.1) is 23.4 Å². The minimum atomic E-state index is -0.543. The van der Waals surface area contributed by atoms with Crippen LogP contribution in [0.4, 0.5) is 5.69 Å². The van der Waals surface area contributed by atoms with Crippen LogP contribution < -0.4 is 5.32 Å². The Labute approximate surface area is 190 Å². The normalized spacial score (nSPS) is 12.6. The van der Waals surface area contributed by atoms with Crippen LogP contribution in [-0.4, -0.2) is 22.3 Å². The van der Waals surface area contributed by atoms with Crippen LogP contribution in [0.2, 0.25) is 5.02 Å². The number of aliphatic hydroxyl groups excluding tert-OH is 1. The zero-order chi connectivity index (χ0) is 19.0. The van der Waals surface area contributed by atoms with Crippen molar-refractivity contribution in [3.8, 4) is 0 Å². The number of nitrogens with one attached hydrogen (secondary N) is 1. The van der Waals surface area contributed by atoms with Crippen molar-refractivity contribution in [1.82, 2.24) is 4.57 Å². The highest BCUT2D eigenvalue weighted by molar-refractivity contribution is 14.1. The number of benzene rings is 3. The van der Waals surface area contributed by atoms with Crippen LogP contribution in [0.1, 0.15) is 0 Å². The van der Waals surface area contributed by atoms with Gasteiger partial charge in [0.25, 0.3) is 0 Å². The highest BCUT2D eigenvalue weighted by atomic mass is 127. The Morgan fingerprint density at radius 3 is 2.11 bits per heavy atom. The molecule has 0 saturated carbocycles. The van der Waals surface area contributed by atoms with E-state index in [4.69, 9.17) is 11.6 Å². The molecule has 0 spiro atoms. The molecular formula is C21H17ClI2N2O. The molecule has 3 nitrogen and oxygen atoms in total. The first kappa shape index (κ1) is 19.3. The highest BCUT2D eigenvalue weighted by Crippen LogP contribution is 2.31. The number of fused-ring (bicyclic) bond motifs is 3. The summed E-state index contributed by atoms with van der Waals surface area (Å²) in [6, 6.07) is 20.5. The molecule has 0 saturated heterocycles. The first-order chi connectivity index (χ1) is 13.0. The molecule has 0 radical (unpaired) electrons. The predicted molar refractivity (Wildman–Crippen MR) is 131 cm³/mol. The molecular weight excluding hydrogens is 586 g/mol. The monoisotopic (exact) mass is 602 g/mol. The Morgan fingerprint density at radius 1 is 0.926 bits per heavy atom. The van der Waals surface area contributed by atoms with Gasteiger partial charge in [-0.05, 0) is 93.7 Å². The van der Waals surface area contributed by atoms with Crippen molar-refractivity contribution in [2.45, 2.75) is 12.6 Å². The fraction of sp³-hybridized carbons (Fsp3) is 0.143. The third kappa shape index (κ3) is 4.06. The Kier molecular flexibility index (Phi) is 5.82. The highest BCUT2D eigenvalue weighted by Gasteiger charge is 2.15. The smallest absolute Gasteiger partial charge is 0.0891 e. The molecule has 1 atom stereocenters. The summed E-state index contributed by atoms with van der Waals surface area (Å²) in [6.45, 7) is 0.943. The van der Waals surface area contributed by atoms with Gasteiger partial charge in [0, 0.05) is 35.5 Å². The van der Waals surface area contributed by atoms with Crippen LogP contribution in [0.5, 0.6) is 0 Å². The van der Waals surface area contributed by atoms with Gasteiger partial charge >= 0.3 is 0 Å². The number of aliphatic hydroxyl groups is 1. The second kappa shape index (κ2) is 8.14. The molecule has 1 unspecified atom stereocenters. The van der Waals surface area contributed by atoms with Crippen molar-refractivity contribution in [3.63, 3.8) is 0 Å². The van der Waals surface area contributed by atoms with Crippen molar-refractivity contribution in [2.24, 2.45) is 0 Å². The lowest BCUT2D eigenvalue weighted by atomic mass is 10.2. The molecule has 0 fully saturated rings. The van der Waals surface area contributed by atoms with Gasteiger partial charge in [-0.25, -0.2) is 0 Å². The van der Waals surface area contributed by atoms with Gasteiger partial charge in [-0.3, -0.25) is 0 Å². The van der Waals surface area contributed by atoms with Gasteiger partial charge in [0.2, 0.25) is 0 Å². The summed E-state index contributed by atoms with van der Waals surface area (Å²) in [5.74, 6) is 0.